The first-order valence-electron chi connectivity index (χ1n) is 2.61. The Labute approximate surface area is 79.2 Å². The van der Waals surface area contributed by atoms with E-state index in [-0.39, 0.29) is 12.4 Å². The summed E-state index contributed by atoms with van der Waals surface area (Å²) in [5.74, 6) is -14.6. The number of rotatable bonds is 2. The molecule has 0 unspecified atom stereocenters. The van der Waals surface area contributed by atoms with E-state index in [2.05, 4.69) is 5.73 Å². The van der Waals surface area contributed by atoms with E-state index < -0.39 is 23.9 Å². The maximum Gasteiger partial charge on any atom is 0.460 e. The molecule has 0 rings (SSSR count). The van der Waals surface area contributed by atoms with Crippen LogP contribution < -0.4 is 5.73 Å². The Morgan fingerprint density at radius 3 is 1.29 bits per heavy atom. The third-order valence-corrected chi connectivity index (χ3v) is 1.09. The van der Waals surface area contributed by atoms with Gasteiger partial charge in [0.2, 0.25) is 0 Å². The summed E-state index contributed by atoms with van der Waals surface area (Å²) < 4.78 is 81.6. The average molecular weight is 249 g/mol. The third-order valence-electron chi connectivity index (χ3n) is 1.09. The Morgan fingerprint density at radius 2 is 1.21 bits per heavy atom. The van der Waals surface area contributed by atoms with Crippen LogP contribution in [0.3, 0.4) is 0 Å². The quantitative estimate of drug-likeness (QED) is 0.439. The smallest absolute Gasteiger partial charge is 0.382 e. The monoisotopic (exact) mass is 248 g/mol. The Kier molecular flexibility index (Phi) is 4.26. The maximum atomic E-state index is 12.0. The molecule has 0 saturated heterocycles. The van der Waals surface area contributed by atoms with Crippen molar-refractivity contribution in [1.82, 2.24) is 0 Å². The second-order valence-corrected chi connectivity index (χ2v) is 2.06. The molecule has 0 aromatic carbocycles. The first kappa shape index (κ1) is 15.7. The van der Waals surface area contributed by atoms with Crippen LogP contribution in [0.15, 0.2) is 0 Å². The summed E-state index contributed by atoms with van der Waals surface area (Å²) in [6, 6.07) is 0. The molecule has 0 aromatic heterocycles. The number of hydrogen-bond donors (Lipinski definition) is 2. The van der Waals surface area contributed by atoms with Crippen molar-refractivity contribution in [2.24, 2.45) is 5.73 Å². The Hall–Kier alpha value is -0.730. The Balaban J connectivity index is 0. The lowest BCUT2D eigenvalue weighted by atomic mass is 10.1. The zero-order chi connectivity index (χ0) is 11.1. The fourth-order valence-corrected chi connectivity index (χ4v) is 0.347. The van der Waals surface area contributed by atoms with Gasteiger partial charge < -0.3 is 5.73 Å². The molecule has 10 heteroatoms. The van der Waals surface area contributed by atoms with E-state index in [1.807, 2.05) is 0 Å². The minimum absolute atomic E-state index is 0. The van der Waals surface area contributed by atoms with Crippen LogP contribution >= 0.6 is 12.4 Å². The van der Waals surface area contributed by atoms with Gasteiger partial charge in [-0.25, -0.2) is 0 Å². The number of hydrogen-bond acceptors (Lipinski definition) is 1. The van der Waals surface area contributed by atoms with Crippen molar-refractivity contribution in [3.8, 4) is 0 Å². The first-order chi connectivity index (χ1) is 5.44. The van der Waals surface area contributed by atoms with Gasteiger partial charge >= 0.3 is 18.0 Å². The number of halogens is 8. The van der Waals surface area contributed by atoms with Crippen molar-refractivity contribution in [2.45, 2.75) is 18.0 Å². The van der Waals surface area contributed by atoms with Gasteiger partial charge in [0.15, 0.2) is 5.84 Å². The standard InChI is InChI=1S/C4H3F7N2.ClH/c5-2(6,1(12)13)3(7,8)4(9,10)11;/h(H3,12,13);1H. The fourth-order valence-electron chi connectivity index (χ4n) is 0.347. The van der Waals surface area contributed by atoms with Crippen LogP contribution in [0.25, 0.3) is 0 Å². The van der Waals surface area contributed by atoms with Crippen molar-refractivity contribution in [1.29, 1.82) is 5.41 Å². The Morgan fingerprint density at radius 1 is 0.929 bits per heavy atom. The minimum Gasteiger partial charge on any atom is -0.382 e. The van der Waals surface area contributed by atoms with Gasteiger partial charge in [-0.05, 0) is 0 Å². The summed E-state index contributed by atoms with van der Waals surface area (Å²) in [5, 5.41) is 5.88. The molecule has 0 spiro atoms. The molecule has 0 aliphatic carbocycles. The summed E-state index contributed by atoms with van der Waals surface area (Å²) >= 11 is 0. The molecular weight excluding hydrogens is 244 g/mol. The van der Waals surface area contributed by atoms with Gasteiger partial charge in [0.25, 0.3) is 0 Å². The van der Waals surface area contributed by atoms with E-state index in [4.69, 9.17) is 5.41 Å². The summed E-state index contributed by atoms with van der Waals surface area (Å²) in [6.07, 6.45) is -6.44. The van der Waals surface area contributed by atoms with Crippen molar-refractivity contribution in [3.63, 3.8) is 0 Å². The predicted octanol–water partition coefficient (Wildman–Crippen LogP) is 2.18. The average Bonchev–Trinajstić information content (AvgIpc) is 1.84. The van der Waals surface area contributed by atoms with Crippen LogP contribution in [-0.4, -0.2) is 23.9 Å². The third kappa shape index (κ3) is 2.20. The highest BCUT2D eigenvalue weighted by atomic mass is 35.5. The summed E-state index contributed by atoms with van der Waals surface area (Å²) in [5.41, 5.74) is 3.91. The molecule has 14 heavy (non-hydrogen) atoms. The second-order valence-electron chi connectivity index (χ2n) is 2.06. The summed E-state index contributed by atoms with van der Waals surface area (Å²) in [6.45, 7) is 0. The molecule has 0 aromatic rings. The normalized spacial score (nSPS) is 13.4. The lowest BCUT2D eigenvalue weighted by Crippen LogP contribution is -2.58. The van der Waals surface area contributed by atoms with Crippen LogP contribution in [0.4, 0.5) is 30.7 Å². The molecular formula is C4H4ClF7N2. The van der Waals surface area contributed by atoms with Crippen LogP contribution in [0, 0.1) is 5.41 Å². The molecule has 0 fully saturated rings. The van der Waals surface area contributed by atoms with Crippen LogP contribution in [0.1, 0.15) is 0 Å². The highest BCUT2D eigenvalue weighted by Crippen LogP contribution is 2.46. The van der Waals surface area contributed by atoms with Gasteiger partial charge in [-0.15, -0.1) is 12.4 Å². The topological polar surface area (TPSA) is 49.9 Å². The van der Waals surface area contributed by atoms with E-state index in [1.54, 1.807) is 0 Å². The van der Waals surface area contributed by atoms with E-state index in [0.29, 0.717) is 0 Å². The minimum atomic E-state index is -6.44. The van der Waals surface area contributed by atoms with Gasteiger partial charge in [-0.2, -0.15) is 30.7 Å². The van der Waals surface area contributed by atoms with Crippen molar-refractivity contribution >= 4 is 18.2 Å². The van der Waals surface area contributed by atoms with Crippen molar-refractivity contribution in [2.75, 3.05) is 0 Å². The molecule has 0 aliphatic heterocycles. The number of nitrogens with one attached hydrogen (secondary N) is 1. The van der Waals surface area contributed by atoms with Gasteiger partial charge in [0.05, 0.1) is 0 Å². The molecule has 2 nitrogen and oxygen atoms in total. The van der Waals surface area contributed by atoms with Crippen LogP contribution in [0.5, 0.6) is 0 Å². The molecule has 86 valence electrons. The highest BCUT2D eigenvalue weighted by molar-refractivity contribution is 5.85. The molecule has 0 atom stereocenters. The van der Waals surface area contributed by atoms with Gasteiger partial charge in [0, 0.05) is 0 Å². The van der Waals surface area contributed by atoms with Crippen LogP contribution in [-0.2, 0) is 0 Å². The van der Waals surface area contributed by atoms with Crippen molar-refractivity contribution in [3.05, 3.63) is 0 Å². The maximum absolute atomic E-state index is 12.0. The summed E-state index contributed by atoms with van der Waals surface area (Å²) in [4.78, 5) is 0. The predicted molar refractivity (Wildman–Crippen MR) is 35.1 cm³/mol. The SMILES string of the molecule is Cl.N=C(N)C(F)(F)C(F)(F)C(F)(F)F. The molecule has 0 amide bonds. The molecule has 0 radical (unpaired) electrons. The molecule has 3 N–H and O–H groups in total. The first-order valence-corrected chi connectivity index (χ1v) is 2.61. The van der Waals surface area contributed by atoms with Gasteiger partial charge in [-0.1, -0.05) is 0 Å². The van der Waals surface area contributed by atoms with E-state index in [9.17, 15) is 30.7 Å². The fraction of sp³-hybridized carbons (Fsp3) is 0.750. The van der Waals surface area contributed by atoms with E-state index in [0.717, 1.165) is 0 Å². The largest absolute Gasteiger partial charge is 0.460 e. The highest BCUT2D eigenvalue weighted by Gasteiger charge is 2.74. The van der Waals surface area contributed by atoms with Crippen molar-refractivity contribution < 1.29 is 30.7 Å². The van der Waals surface area contributed by atoms with Crippen LogP contribution in [0.2, 0.25) is 0 Å². The number of alkyl halides is 7. The number of nitrogens with two attached hydrogens (primary N) is 1. The number of amidine groups is 1. The lowest BCUT2D eigenvalue weighted by molar-refractivity contribution is -0.336. The Bertz CT molecular complexity index is 222. The molecule has 0 saturated carbocycles. The molecule has 0 heterocycles. The summed E-state index contributed by atoms with van der Waals surface area (Å²) in [7, 11) is 0. The van der Waals surface area contributed by atoms with E-state index >= 15 is 0 Å². The zero-order valence-corrected chi connectivity index (χ0v) is 6.95. The van der Waals surface area contributed by atoms with Gasteiger partial charge in [0.1, 0.15) is 0 Å². The molecule has 0 bridgehead atoms. The van der Waals surface area contributed by atoms with E-state index in [1.165, 1.54) is 0 Å². The second kappa shape index (κ2) is 3.79. The molecule has 0 aliphatic rings. The zero-order valence-electron chi connectivity index (χ0n) is 6.13. The van der Waals surface area contributed by atoms with Gasteiger partial charge in [-0.3, -0.25) is 5.41 Å². The lowest BCUT2D eigenvalue weighted by Gasteiger charge is -2.26.